The Morgan fingerprint density at radius 1 is 1.37 bits per heavy atom. The van der Waals surface area contributed by atoms with Gasteiger partial charge in [0.1, 0.15) is 12.2 Å². The zero-order valence-electron chi connectivity index (χ0n) is 9.64. The van der Waals surface area contributed by atoms with Crippen LogP contribution in [0.4, 0.5) is 0 Å². The molecule has 0 unspecified atom stereocenters. The van der Waals surface area contributed by atoms with E-state index < -0.39 is 5.97 Å². The van der Waals surface area contributed by atoms with Crippen molar-refractivity contribution >= 4 is 29.2 Å². The van der Waals surface area contributed by atoms with Crippen molar-refractivity contribution in [2.24, 2.45) is 0 Å². The Balaban J connectivity index is 2.27. The average Bonchev–Trinajstić information content (AvgIpc) is 2.38. The second-order valence-electron chi connectivity index (χ2n) is 3.72. The number of rotatable bonds is 4. The number of aromatic nitrogens is 1. The molecule has 0 aliphatic rings. The van der Waals surface area contributed by atoms with Crippen LogP contribution in [0.15, 0.2) is 36.7 Å². The molecule has 0 radical (unpaired) electrons. The molecule has 2 aromatic rings. The molecule has 98 valence electrons. The van der Waals surface area contributed by atoms with Crippen LogP contribution >= 0.6 is 23.2 Å². The van der Waals surface area contributed by atoms with E-state index in [0.29, 0.717) is 0 Å². The van der Waals surface area contributed by atoms with Crippen LogP contribution in [-0.4, -0.2) is 16.1 Å². The molecule has 0 amide bonds. The second kappa shape index (κ2) is 5.91. The summed E-state index contributed by atoms with van der Waals surface area (Å²) in [6.45, 7) is 0.176. The van der Waals surface area contributed by atoms with E-state index in [9.17, 15) is 4.79 Å². The van der Waals surface area contributed by atoms with Gasteiger partial charge < -0.3 is 9.84 Å². The van der Waals surface area contributed by atoms with Gasteiger partial charge in [-0.05, 0) is 18.2 Å². The topological polar surface area (TPSA) is 59.4 Å². The first-order chi connectivity index (χ1) is 9.08. The van der Waals surface area contributed by atoms with Crippen LogP contribution in [0.5, 0.6) is 5.75 Å². The molecule has 0 atom stereocenters. The Morgan fingerprint density at radius 3 is 2.79 bits per heavy atom. The number of halogens is 2. The molecule has 4 nitrogen and oxygen atoms in total. The van der Waals surface area contributed by atoms with Crippen molar-refractivity contribution in [3.63, 3.8) is 0 Å². The van der Waals surface area contributed by atoms with Crippen LogP contribution < -0.4 is 4.74 Å². The highest BCUT2D eigenvalue weighted by Gasteiger charge is 2.16. The predicted molar refractivity (Wildman–Crippen MR) is 72.0 cm³/mol. The van der Waals surface area contributed by atoms with E-state index in [1.54, 1.807) is 18.5 Å². The highest BCUT2D eigenvalue weighted by atomic mass is 35.5. The molecule has 0 saturated carbocycles. The number of benzene rings is 1. The lowest BCUT2D eigenvalue weighted by Gasteiger charge is -2.11. The van der Waals surface area contributed by atoms with E-state index >= 15 is 0 Å². The molecule has 1 heterocycles. The van der Waals surface area contributed by atoms with Crippen LogP contribution in [0.2, 0.25) is 10.0 Å². The molecule has 0 bridgehead atoms. The van der Waals surface area contributed by atoms with E-state index in [2.05, 4.69) is 4.98 Å². The van der Waals surface area contributed by atoms with Crippen LogP contribution in [0.3, 0.4) is 0 Å². The molecular formula is C13H9Cl2NO3. The van der Waals surface area contributed by atoms with E-state index in [1.165, 1.54) is 12.1 Å². The Morgan fingerprint density at radius 2 is 2.16 bits per heavy atom. The number of carboxylic acids is 1. The maximum absolute atomic E-state index is 11.1. The van der Waals surface area contributed by atoms with E-state index in [0.717, 1.165) is 5.56 Å². The Hall–Kier alpha value is -1.78. The number of aromatic carboxylic acids is 1. The fraction of sp³-hybridized carbons (Fsp3) is 0.0769. The van der Waals surface area contributed by atoms with Gasteiger partial charge in [-0.2, -0.15) is 0 Å². The molecule has 1 N–H and O–H groups in total. The molecule has 1 aromatic heterocycles. The van der Waals surface area contributed by atoms with Gasteiger partial charge in [0, 0.05) is 23.0 Å². The number of ether oxygens (including phenoxy) is 1. The quantitative estimate of drug-likeness (QED) is 0.935. The third-order valence-electron chi connectivity index (χ3n) is 2.34. The van der Waals surface area contributed by atoms with Gasteiger partial charge in [-0.25, -0.2) is 4.79 Å². The van der Waals surface area contributed by atoms with Crippen molar-refractivity contribution < 1.29 is 14.6 Å². The van der Waals surface area contributed by atoms with E-state index in [4.69, 9.17) is 33.0 Å². The summed E-state index contributed by atoms with van der Waals surface area (Å²) >= 11 is 11.7. The van der Waals surface area contributed by atoms with Crippen molar-refractivity contribution in [2.75, 3.05) is 0 Å². The van der Waals surface area contributed by atoms with Crippen molar-refractivity contribution in [2.45, 2.75) is 6.61 Å². The number of carboxylic acid groups (broad SMARTS) is 1. The van der Waals surface area contributed by atoms with Crippen molar-refractivity contribution in [3.8, 4) is 5.75 Å². The Kier molecular flexibility index (Phi) is 4.24. The number of pyridine rings is 1. The van der Waals surface area contributed by atoms with Crippen LogP contribution in [-0.2, 0) is 6.61 Å². The summed E-state index contributed by atoms with van der Waals surface area (Å²) in [5.74, 6) is -1.05. The van der Waals surface area contributed by atoms with Gasteiger partial charge in [0.05, 0.1) is 5.02 Å². The maximum atomic E-state index is 11.1. The molecule has 0 aliphatic heterocycles. The lowest BCUT2D eigenvalue weighted by molar-refractivity contribution is 0.0691. The van der Waals surface area contributed by atoms with Crippen molar-refractivity contribution in [3.05, 3.63) is 57.8 Å². The fourth-order valence-electron chi connectivity index (χ4n) is 1.50. The smallest absolute Gasteiger partial charge is 0.339 e. The molecule has 0 fully saturated rings. The highest BCUT2D eigenvalue weighted by molar-refractivity contribution is 6.36. The molecule has 0 saturated heterocycles. The maximum Gasteiger partial charge on any atom is 0.339 e. The minimum absolute atomic E-state index is 0.0682. The SMILES string of the molecule is O=C(O)c1cc(Cl)cc(Cl)c1OCc1cccnc1. The van der Waals surface area contributed by atoms with E-state index in [1.807, 2.05) is 6.07 Å². The predicted octanol–water partition coefficient (Wildman–Crippen LogP) is 3.67. The first-order valence-electron chi connectivity index (χ1n) is 5.32. The largest absolute Gasteiger partial charge is 0.486 e. The first-order valence-corrected chi connectivity index (χ1v) is 6.07. The zero-order valence-corrected chi connectivity index (χ0v) is 11.1. The lowest BCUT2D eigenvalue weighted by atomic mass is 10.2. The highest BCUT2D eigenvalue weighted by Crippen LogP contribution is 2.33. The average molecular weight is 298 g/mol. The number of hydrogen-bond acceptors (Lipinski definition) is 3. The second-order valence-corrected chi connectivity index (χ2v) is 4.56. The standard InChI is InChI=1S/C13H9Cl2NO3/c14-9-4-10(13(17)18)12(11(15)5-9)19-7-8-2-1-3-16-6-8/h1-6H,7H2,(H,17,18). The summed E-state index contributed by atoms with van der Waals surface area (Å²) in [7, 11) is 0. The summed E-state index contributed by atoms with van der Waals surface area (Å²) in [4.78, 5) is 15.1. The summed E-state index contributed by atoms with van der Waals surface area (Å²) in [6, 6.07) is 6.32. The minimum Gasteiger partial charge on any atom is -0.486 e. The summed E-state index contributed by atoms with van der Waals surface area (Å²) in [5.41, 5.74) is 0.742. The van der Waals surface area contributed by atoms with Crippen molar-refractivity contribution in [1.29, 1.82) is 0 Å². The first kappa shape index (κ1) is 13.6. The molecular weight excluding hydrogens is 289 g/mol. The number of hydrogen-bond donors (Lipinski definition) is 1. The van der Waals surface area contributed by atoms with Crippen molar-refractivity contribution in [1.82, 2.24) is 4.98 Å². The molecule has 0 spiro atoms. The van der Waals surface area contributed by atoms with Crippen LogP contribution in [0.1, 0.15) is 15.9 Å². The fourth-order valence-corrected chi connectivity index (χ4v) is 2.05. The third kappa shape index (κ3) is 3.36. The minimum atomic E-state index is -1.15. The van der Waals surface area contributed by atoms with Gasteiger partial charge in [0.15, 0.2) is 5.75 Å². The molecule has 1 aromatic carbocycles. The van der Waals surface area contributed by atoms with Crippen LogP contribution in [0, 0.1) is 0 Å². The van der Waals surface area contributed by atoms with Gasteiger partial charge in [0.2, 0.25) is 0 Å². The normalized spacial score (nSPS) is 10.2. The van der Waals surface area contributed by atoms with Gasteiger partial charge in [-0.15, -0.1) is 0 Å². The third-order valence-corrected chi connectivity index (χ3v) is 2.84. The zero-order chi connectivity index (χ0) is 13.8. The Bertz CT molecular complexity index is 602. The molecule has 6 heteroatoms. The summed E-state index contributed by atoms with van der Waals surface area (Å²) in [5, 5.41) is 9.51. The number of carbonyl (C=O) groups is 1. The monoisotopic (exact) mass is 297 g/mol. The van der Waals surface area contributed by atoms with Gasteiger partial charge >= 0.3 is 5.97 Å². The van der Waals surface area contributed by atoms with Gasteiger partial charge in [-0.1, -0.05) is 29.3 Å². The van der Waals surface area contributed by atoms with Gasteiger partial charge in [-0.3, -0.25) is 4.98 Å². The molecule has 0 aliphatic carbocycles. The Labute approximate surface area is 119 Å². The van der Waals surface area contributed by atoms with E-state index in [-0.39, 0.29) is 28.0 Å². The number of nitrogens with zero attached hydrogens (tertiary/aromatic N) is 1. The summed E-state index contributed by atoms with van der Waals surface area (Å²) in [6.07, 6.45) is 3.27. The lowest BCUT2D eigenvalue weighted by Crippen LogP contribution is -2.04. The van der Waals surface area contributed by atoms with Crippen LogP contribution in [0.25, 0.3) is 0 Å². The molecule has 2 rings (SSSR count). The molecule has 19 heavy (non-hydrogen) atoms. The summed E-state index contributed by atoms with van der Waals surface area (Å²) < 4.78 is 5.46. The van der Waals surface area contributed by atoms with Gasteiger partial charge in [0.25, 0.3) is 0 Å².